The molecule has 3 heterocycles. The maximum atomic E-state index is 12.2. The number of fused-ring (bicyclic) bond motifs is 1. The summed E-state index contributed by atoms with van der Waals surface area (Å²) in [5.74, 6) is 0.404. The molecule has 0 bridgehead atoms. The average Bonchev–Trinajstić information content (AvgIpc) is 2.71. The highest BCUT2D eigenvalue weighted by Gasteiger charge is 2.31. The predicted octanol–water partition coefficient (Wildman–Crippen LogP) is 1.23. The first kappa shape index (κ1) is 14.1. The van der Waals surface area contributed by atoms with Gasteiger partial charge in [-0.25, -0.2) is 0 Å². The van der Waals surface area contributed by atoms with Crippen LogP contribution in [-0.2, 0) is 0 Å². The fourth-order valence-corrected chi connectivity index (χ4v) is 3.49. The summed E-state index contributed by atoms with van der Waals surface area (Å²) in [6.07, 6.45) is 0.952. The molecule has 2 N–H and O–H groups in total. The largest absolute Gasteiger partial charge is 0.307 e. The number of pyridine rings is 1. The van der Waals surface area contributed by atoms with Gasteiger partial charge in [0, 0.05) is 18.7 Å². The molecule has 2 aromatic rings. The van der Waals surface area contributed by atoms with Gasteiger partial charge in [-0.3, -0.25) is 19.4 Å². The van der Waals surface area contributed by atoms with Crippen LogP contribution in [0.15, 0.2) is 15.7 Å². The van der Waals surface area contributed by atoms with E-state index in [1.165, 1.54) is 6.07 Å². The number of hydrogen-bond donors (Lipinski definition) is 2. The minimum Gasteiger partial charge on any atom is -0.307 e. The summed E-state index contributed by atoms with van der Waals surface area (Å²) in [5.41, 5.74) is 1.06. The molecule has 2 aromatic heterocycles. The van der Waals surface area contributed by atoms with Crippen molar-refractivity contribution in [1.29, 1.82) is 0 Å². The molecule has 1 fully saturated rings. The zero-order chi connectivity index (χ0) is 15.3. The molecule has 0 unspecified atom stereocenters. The van der Waals surface area contributed by atoms with Crippen molar-refractivity contribution in [3.05, 3.63) is 32.3 Å². The second-order valence-electron chi connectivity index (χ2n) is 6.42. The van der Waals surface area contributed by atoms with Crippen LogP contribution in [-0.4, -0.2) is 39.3 Å². The van der Waals surface area contributed by atoms with Gasteiger partial charge in [-0.15, -0.1) is 0 Å². The average molecular weight is 290 g/mol. The molecule has 1 aliphatic heterocycles. The Morgan fingerprint density at radius 3 is 2.71 bits per heavy atom. The Labute approximate surface area is 122 Å². The summed E-state index contributed by atoms with van der Waals surface area (Å²) in [6.45, 7) is 7.16. The van der Waals surface area contributed by atoms with E-state index in [0.29, 0.717) is 23.0 Å². The van der Waals surface area contributed by atoms with Crippen LogP contribution >= 0.6 is 0 Å². The van der Waals surface area contributed by atoms with Crippen molar-refractivity contribution in [3.63, 3.8) is 0 Å². The van der Waals surface area contributed by atoms with E-state index in [0.717, 1.165) is 18.5 Å². The van der Waals surface area contributed by atoms with Crippen molar-refractivity contribution in [1.82, 2.24) is 19.7 Å². The minimum atomic E-state index is -0.165. The molecule has 0 aliphatic carbocycles. The maximum absolute atomic E-state index is 12.2. The third kappa shape index (κ3) is 2.23. The number of aromatic nitrogens is 3. The molecule has 114 valence electrons. The lowest BCUT2D eigenvalue weighted by Gasteiger charge is -2.40. The first-order valence-electron chi connectivity index (χ1n) is 7.43. The normalized spacial score (nSPS) is 27.3. The number of nitrogens with zero attached hydrogens (tertiary/aromatic N) is 2. The van der Waals surface area contributed by atoms with Crippen molar-refractivity contribution in [3.8, 4) is 0 Å². The predicted molar refractivity (Wildman–Crippen MR) is 82.8 cm³/mol. The lowest BCUT2D eigenvalue weighted by Crippen LogP contribution is -2.43. The quantitative estimate of drug-likeness (QED) is 0.829. The molecule has 6 nitrogen and oxygen atoms in total. The summed E-state index contributed by atoms with van der Waals surface area (Å²) in [7, 11) is 2.12. The zero-order valence-electron chi connectivity index (χ0n) is 12.9. The molecule has 21 heavy (non-hydrogen) atoms. The zero-order valence-corrected chi connectivity index (χ0v) is 12.9. The molecule has 0 spiro atoms. The van der Waals surface area contributed by atoms with E-state index < -0.39 is 0 Å². The molecule has 3 atom stereocenters. The van der Waals surface area contributed by atoms with E-state index in [4.69, 9.17) is 0 Å². The van der Waals surface area contributed by atoms with Crippen molar-refractivity contribution in [2.45, 2.75) is 39.3 Å². The van der Waals surface area contributed by atoms with Gasteiger partial charge in [-0.05, 0) is 38.8 Å². The lowest BCUT2D eigenvalue weighted by molar-refractivity contribution is 0.103. The van der Waals surface area contributed by atoms with Crippen LogP contribution in [0.5, 0.6) is 0 Å². The monoisotopic (exact) mass is 290 g/mol. The molecule has 1 saturated heterocycles. The molecular weight excluding hydrogens is 268 g/mol. The first-order valence-corrected chi connectivity index (χ1v) is 7.43. The van der Waals surface area contributed by atoms with E-state index in [2.05, 4.69) is 35.9 Å². The summed E-state index contributed by atoms with van der Waals surface area (Å²) in [6, 6.07) is 2.12. The Kier molecular flexibility index (Phi) is 3.28. The molecule has 0 amide bonds. The Morgan fingerprint density at radius 2 is 2.00 bits per heavy atom. The van der Waals surface area contributed by atoms with E-state index in [9.17, 15) is 9.59 Å². The molecule has 0 radical (unpaired) electrons. The van der Waals surface area contributed by atoms with Gasteiger partial charge in [0.1, 0.15) is 5.65 Å². The van der Waals surface area contributed by atoms with Crippen molar-refractivity contribution >= 4 is 11.0 Å². The fourth-order valence-electron chi connectivity index (χ4n) is 3.49. The molecule has 6 heteroatoms. The maximum Gasteiger partial charge on any atom is 0.273 e. The van der Waals surface area contributed by atoms with Gasteiger partial charge in [0.2, 0.25) is 5.56 Å². The van der Waals surface area contributed by atoms with Crippen molar-refractivity contribution in [2.24, 2.45) is 5.92 Å². The summed E-state index contributed by atoms with van der Waals surface area (Å²) in [5, 5.41) is 3.52. The number of aromatic amines is 2. The van der Waals surface area contributed by atoms with Crippen LogP contribution in [0.25, 0.3) is 11.0 Å². The third-order valence-electron chi connectivity index (χ3n) is 4.81. The van der Waals surface area contributed by atoms with Crippen LogP contribution in [0.3, 0.4) is 0 Å². The topological polar surface area (TPSA) is 73.9 Å². The van der Waals surface area contributed by atoms with Crippen LogP contribution < -0.4 is 11.1 Å². The highest BCUT2D eigenvalue weighted by Crippen LogP contribution is 2.31. The van der Waals surface area contributed by atoms with E-state index in [1.807, 2.05) is 4.68 Å². The number of H-pyrrole nitrogens is 2. The second-order valence-corrected chi connectivity index (χ2v) is 6.42. The Bertz CT molecular complexity index is 785. The smallest absolute Gasteiger partial charge is 0.273 e. The molecule has 0 saturated carbocycles. The number of nitrogens with one attached hydrogen (secondary N) is 2. The summed E-state index contributed by atoms with van der Waals surface area (Å²) in [4.78, 5) is 29.1. The fraction of sp³-hybridized carbons (Fsp3) is 0.600. The highest BCUT2D eigenvalue weighted by atomic mass is 16.1. The summed E-state index contributed by atoms with van der Waals surface area (Å²) >= 11 is 0. The highest BCUT2D eigenvalue weighted by molar-refractivity contribution is 5.78. The van der Waals surface area contributed by atoms with Gasteiger partial charge in [0.25, 0.3) is 5.56 Å². The van der Waals surface area contributed by atoms with Gasteiger partial charge in [-0.1, -0.05) is 6.92 Å². The van der Waals surface area contributed by atoms with Crippen LogP contribution in [0.1, 0.15) is 31.9 Å². The number of rotatable bonds is 1. The van der Waals surface area contributed by atoms with Crippen molar-refractivity contribution < 1.29 is 0 Å². The molecule has 3 rings (SSSR count). The number of hydrogen-bond acceptors (Lipinski definition) is 3. The van der Waals surface area contributed by atoms with E-state index in [-0.39, 0.29) is 17.2 Å². The molecule has 0 aromatic carbocycles. The Hall–Kier alpha value is -1.82. The molecular formula is C15H22N4O2. The van der Waals surface area contributed by atoms with Crippen LogP contribution in [0.4, 0.5) is 0 Å². The SMILES string of the molecule is Cc1cc(=O)[nH]c2c1c(=O)[nH]n2[C@@H]1C[C@@H](C)N(C)C[C@H]1C. The van der Waals surface area contributed by atoms with Gasteiger partial charge in [0.15, 0.2) is 0 Å². The van der Waals surface area contributed by atoms with Gasteiger partial charge >= 0.3 is 0 Å². The van der Waals surface area contributed by atoms with Gasteiger partial charge in [0.05, 0.1) is 11.4 Å². The second kappa shape index (κ2) is 4.87. The first-order chi connectivity index (χ1) is 9.88. The number of likely N-dealkylation sites (tertiary alicyclic amines) is 1. The molecule has 1 aliphatic rings. The van der Waals surface area contributed by atoms with Crippen molar-refractivity contribution in [2.75, 3.05) is 13.6 Å². The van der Waals surface area contributed by atoms with Crippen LogP contribution in [0, 0.1) is 12.8 Å². The standard InChI is InChI=1S/C15H22N4O2/c1-8-5-12(20)16-14-13(8)15(21)17-19(14)11-6-10(3)18(4)7-9(11)2/h5,9-11H,6-7H2,1-4H3,(H,16,20)(H,17,21)/t9-,10-,11-/m1/s1. The van der Waals surface area contributed by atoms with Crippen LogP contribution in [0.2, 0.25) is 0 Å². The third-order valence-corrected chi connectivity index (χ3v) is 4.81. The Balaban J connectivity index is 2.17. The number of aryl methyl sites for hydroxylation is 1. The van der Waals surface area contributed by atoms with Gasteiger partial charge in [-0.2, -0.15) is 0 Å². The van der Waals surface area contributed by atoms with E-state index in [1.54, 1.807) is 6.92 Å². The number of piperidine rings is 1. The Morgan fingerprint density at radius 1 is 1.29 bits per heavy atom. The lowest BCUT2D eigenvalue weighted by atomic mass is 9.90. The van der Waals surface area contributed by atoms with E-state index >= 15 is 0 Å². The summed E-state index contributed by atoms with van der Waals surface area (Å²) < 4.78 is 1.88. The van der Waals surface area contributed by atoms with Gasteiger partial charge < -0.3 is 9.88 Å². The minimum absolute atomic E-state index is 0.127.